The number of benzene rings is 1. The number of methoxy groups -OCH3 is 1. The SMILES string of the molecule is C=CC[C@@H](O)/C=C/[C@H](C)[C@@H](OCc1ccc(OC)cc1)C(C)C. The zero-order valence-corrected chi connectivity index (χ0v) is 14.7. The molecule has 128 valence electrons. The Morgan fingerprint density at radius 3 is 2.30 bits per heavy atom. The Balaban J connectivity index is 2.61. The van der Waals surface area contributed by atoms with Gasteiger partial charge in [-0.3, -0.25) is 0 Å². The average Bonchev–Trinajstić information content (AvgIpc) is 2.53. The van der Waals surface area contributed by atoms with E-state index < -0.39 is 6.10 Å². The number of hydrogen-bond acceptors (Lipinski definition) is 3. The Morgan fingerprint density at radius 1 is 1.13 bits per heavy atom. The standard InChI is InChI=1S/C20H30O3/c1-6-7-18(21)11-8-16(4)20(15(2)3)23-14-17-9-12-19(22-5)13-10-17/h6,8-13,15-16,18,20-21H,1,7,14H2,2-5H3/b11-8+/t16-,18+,20-/m0/s1. The van der Waals surface area contributed by atoms with E-state index in [4.69, 9.17) is 9.47 Å². The topological polar surface area (TPSA) is 38.7 Å². The molecule has 0 unspecified atom stereocenters. The summed E-state index contributed by atoms with van der Waals surface area (Å²) in [4.78, 5) is 0. The third kappa shape index (κ3) is 7.02. The first-order valence-electron chi connectivity index (χ1n) is 8.19. The van der Waals surface area contributed by atoms with Crippen molar-refractivity contribution < 1.29 is 14.6 Å². The van der Waals surface area contributed by atoms with Gasteiger partial charge in [0.15, 0.2) is 0 Å². The second-order valence-corrected chi connectivity index (χ2v) is 6.20. The molecule has 0 aliphatic heterocycles. The summed E-state index contributed by atoms with van der Waals surface area (Å²) in [5.74, 6) is 1.47. The van der Waals surface area contributed by atoms with Crippen LogP contribution in [0.5, 0.6) is 5.75 Å². The van der Waals surface area contributed by atoms with Gasteiger partial charge in [-0.2, -0.15) is 0 Å². The fraction of sp³-hybridized carbons (Fsp3) is 0.500. The lowest BCUT2D eigenvalue weighted by molar-refractivity contribution is -0.0119. The molecule has 0 spiro atoms. The molecule has 3 atom stereocenters. The van der Waals surface area contributed by atoms with Gasteiger partial charge in [0.05, 0.1) is 25.9 Å². The number of rotatable bonds is 10. The fourth-order valence-corrected chi connectivity index (χ4v) is 2.53. The van der Waals surface area contributed by atoms with Crippen LogP contribution >= 0.6 is 0 Å². The van der Waals surface area contributed by atoms with E-state index in [-0.39, 0.29) is 12.0 Å². The molecule has 0 saturated heterocycles. The highest BCUT2D eigenvalue weighted by atomic mass is 16.5. The summed E-state index contributed by atoms with van der Waals surface area (Å²) in [5.41, 5.74) is 1.12. The van der Waals surface area contributed by atoms with Gasteiger partial charge in [-0.05, 0) is 30.0 Å². The van der Waals surface area contributed by atoms with Crippen molar-refractivity contribution in [3.05, 3.63) is 54.6 Å². The summed E-state index contributed by atoms with van der Waals surface area (Å²) < 4.78 is 11.3. The van der Waals surface area contributed by atoms with E-state index in [0.717, 1.165) is 11.3 Å². The van der Waals surface area contributed by atoms with E-state index >= 15 is 0 Å². The molecule has 0 saturated carbocycles. The molecule has 0 fully saturated rings. The fourth-order valence-electron chi connectivity index (χ4n) is 2.53. The minimum Gasteiger partial charge on any atom is -0.497 e. The first-order valence-corrected chi connectivity index (χ1v) is 8.19. The van der Waals surface area contributed by atoms with E-state index in [2.05, 4.69) is 27.4 Å². The molecule has 3 nitrogen and oxygen atoms in total. The van der Waals surface area contributed by atoms with Gasteiger partial charge >= 0.3 is 0 Å². The maximum Gasteiger partial charge on any atom is 0.118 e. The van der Waals surface area contributed by atoms with Crippen LogP contribution in [0.1, 0.15) is 32.8 Å². The van der Waals surface area contributed by atoms with Gasteiger partial charge in [0, 0.05) is 5.92 Å². The van der Waals surface area contributed by atoms with Crippen LogP contribution in [-0.4, -0.2) is 24.4 Å². The van der Waals surface area contributed by atoms with Crippen LogP contribution in [0.25, 0.3) is 0 Å². The Hall–Kier alpha value is -1.58. The Morgan fingerprint density at radius 2 is 1.78 bits per heavy atom. The van der Waals surface area contributed by atoms with Crippen molar-refractivity contribution in [2.24, 2.45) is 11.8 Å². The largest absolute Gasteiger partial charge is 0.497 e. The number of ether oxygens (including phenoxy) is 2. The highest BCUT2D eigenvalue weighted by molar-refractivity contribution is 5.26. The van der Waals surface area contributed by atoms with E-state index in [0.29, 0.717) is 18.9 Å². The molecule has 23 heavy (non-hydrogen) atoms. The monoisotopic (exact) mass is 318 g/mol. The second-order valence-electron chi connectivity index (χ2n) is 6.20. The molecular formula is C20H30O3. The van der Waals surface area contributed by atoms with Crippen LogP contribution in [0.15, 0.2) is 49.1 Å². The van der Waals surface area contributed by atoms with Crippen LogP contribution < -0.4 is 4.74 Å². The van der Waals surface area contributed by atoms with Crippen LogP contribution in [0.4, 0.5) is 0 Å². The van der Waals surface area contributed by atoms with Gasteiger partial charge in [0.2, 0.25) is 0 Å². The lowest BCUT2D eigenvalue weighted by Crippen LogP contribution is -2.26. The number of hydrogen-bond donors (Lipinski definition) is 1. The van der Waals surface area contributed by atoms with Crippen molar-refractivity contribution in [1.29, 1.82) is 0 Å². The van der Waals surface area contributed by atoms with Gasteiger partial charge in [-0.1, -0.05) is 51.1 Å². The lowest BCUT2D eigenvalue weighted by atomic mass is 9.93. The summed E-state index contributed by atoms with van der Waals surface area (Å²) in [6.45, 7) is 10.6. The minimum absolute atomic E-state index is 0.101. The number of aliphatic hydroxyl groups is 1. The first-order chi connectivity index (χ1) is 11.0. The summed E-state index contributed by atoms with van der Waals surface area (Å²) >= 11 is 0. The smallest absolute Gasteiger partial charge is 0.118 e. The van der Waals surface area contributed by atoms with Crippen molar-refractivity contribution in [2.45, 2.75) is 46.0 Å². The van der Waals surface area contributed by atoms with E-state index in [1.165, 1.54) is 0 Å². The van der Waals surface area contributed by atoms with Gasteiger partial charge in [-0.25, -0.2) is 0 Å². The molecule has 1 N–H and O–H groups in total. The molecule has 1 aromatic rings. The summed E-state index contributed by atoms with van der Waals surface area (Å²) in [6, 6.07) is 7.92. The zero-order chi connectivity index (χ0) is 17.2. The predicted molar refractivity (Wildman–Crippen MR) is 95.5 cm³/mol. The summed E-state index contributed by atoms with van der Waals surface area (Å²) in [7, 11) is 1.66. The van der Waals surface area contributed by atoms with Crippen molar-refractivity contribution in [1.82, 2.24) is 0 Å². The third-order valence-corrected chi connectivity index (χ3v) is 3.82. The maximum atomic E-state index is 9.76. The predicted octanol–water partition coefficient (Wildman–Crippen LogP) is 4.37. The van der Waals surface area contributed by atoms with Gasteiger partial charge < -0.3 is 14.6 Å². The molecular weight excluding hydrogens is 288 g/mol. The van der Waals surface area contributed by atoms with Crippen LogP contribution in [0.2, 0.25) is 0 Å². The molecule has 0 radical (unpaired) electrons. The molecule has 0 amide bonds. The van der Waals surface area contributed by atoms with Crippen molar-refractivity contribution in [3.63, 3.8) is 0 Å². The van der Waals surface area contributed by atoms with Crippen LogP contribution in [-0.2, 0) is 11.3 Å². The van der Waals surface area contributed by atoms with Crippen molar-refractivity contribution in [3.8, 4) is 5.75 Å². The quantitative estimate of drug-likeness (QED) is 0.651. The highest BCUT2D eigenvalue weighted by Crippen LogP contribution is 2.21. The Kier molecular flexibility index (Phi) is 8.67. The molecule has 0 bridgehead atoms. The summed E-state index contributed by atoms with van der Waals surface area (Å²) in [6.07, 6.45) is 5.79. The maximum absolute atomic E-state index is 9.76. The highest BCUT2D eigenvalue weighted by Gasteiger charge is 2.20. The van der Waals surface area contributed by atoms with Crippen molar-refractivity contribution >= 4 is 0 Å². The molecule has 0 heterocycles. The molecule has 0 aromatic heterocycles. The average molecular weight is 318 g/mol. The molecule has 1 rings (SSSR count). The normalized spacial score (nSPS) is 15.6. The van der Waals surface area contributed by atoms with Crippen molar-refractivity contribution in [2.75, 3.05) is 7.11 Å². The summed E-state index contributed by atoms with van der Waals surface area (Å²) in [5, 5.41) is 9.76. The van der Waals surface area contributed by atoms with Crippen LogP contribution in [0.3, 0.4) is 0 Å². The molecule has 1 aromatic carbocycles. The first kappa shape index (κ1) is 19.5. The van der Waals surface area contributed by atoms with Gasteiger partial charge in [-0.15, -0.1) is 6.58 Å². The molecule has 0 aliphatic carbocycles. The molecule has 0 aliphatic rings. The van der Waals surface area contributed by atoms with E-state index in [1.807, 2.05) is 36.4 Å². The second kappa shape index (κ2) is 10.2. The Bertz CT molecular complexity index is 476. The third-order valence-electron chi connectivity index (χ3n) is 3.82. The zero-order valence-electron chi connectivity index (χ0n) is 14.7. The Labute approximate surface area is 140 Å². The molecule has 3 heteroatoms. The van der Waals surface area contributed by atoms with Crippen LogP contribution in [0, 0.1) is 11.8 Å². The van der Waals surface area contributed by atoms with Gasteiger partial charge in [0.25, 0.3) is 0 Å². The van der Waals surface area contributed by atoms with Gasteiger partial charge in [0.1, 0.15) is 5.75 Å². The lowest BCUT2D eigenvalue weighted by Gasteiger charge is -2.26. The number of aliphatic hydroxyl groups excluding tert-OH is 1. The van der Waals surface area contributed by atoms with E-state index in [9.17, 15) is 5.11 Å². The van der Waals surface area contributed by atoms with E-state index in [1.54, 1.807) is 13.2 Å². The minimum atomic E-state index is -0.468.